The monoisotopic (exact) mass is 278 g/mol. The molecule has 1 saturated heterocycles. The van der Waals surface area contributed by atoms with Crippen molar-refractivity contribution in [1.82, 2.24) is 10.2 Å². The molecule has 1 aliphatic rings. The van der Waals surface area contributed by atoms with Crippen LogP contribution in [0.25, 0.3) is 0 Å². The molecular weight excluding hydrogens is 256 g/mol. The fraction of sp³-hybridized carbons (Fsp3) is 0.533. The highest BCUT2D eigenvalue weighted by molar-refractivity contribution is 5.97. The Labute approximate surface area is 119 Å². The lowest BCUT2D eigenvalue weighted by Gasteiger charge is -2.38. The van der Waals surface area contributed by atoms with Crippen molar-refractivity contribution in [3.05, 3.63) is 23.8 Å². The normalized spacial score (nSPS) is 14.6. The second kappa shape index (κ2) is 6.61. The fourth-order valence-electron chi connectivity index (χ4n) is 2.32. The molecule has 0 unspecified atom stereocenters. The number of benzene rings is 1. The maximum Gasteiger partial charge on any atom is 0.258 e. The van der Waals surface area contributed by atoms with E-state index in [1.807, 2.05) is 4.90 Å². The SMILES string of the molecule is CCCN(C(=O)c1cc(OC)ccc1OC)C1CNC1. The number of nitrogens with zero attached hydrogens (tertiary/aromatic N) is 1. The zero-order chi connectivity index (χ0) is 14.5. The van der Waals surface area contributed by atoms with E-state index in [1.165, 1.54) is 0 Å². The molecule has 5 heteroatoms. The molecule has 2 rings (SSSR count). The van der Waals surface area contributed by atoms with Gasteiger partial charge in [0.15, 0.2) is 0 Å². The van der Waals surface area contributed by atoms with E-state index in [0.29, 0.717) is 17.1 Å². The summed E-state index contributed by atoms with van der Waals surface area (Å²) in [6.45, 7) is 4.55. The molecule has 0 atom stereocenters. The summed E-state index contributed by atoms with van der Waals surface area (Å²) in [6.07, 6.45) is 0.939. The number of hydrogen-bond donors (Lipinski definition) is 1. The number of rotatable bonds is 6. The molecule has 1 aromatic carbocycles. The third kappa shape index (κ3) is 2.88. The van der Waals surface area contributed by atoms with Gasteiger partial charge in [-0.1, -0.05) is 6.92 Å². The predicted octanol–water partition coefficient (Wildman–Crippen LogP) is 1.53. The molecule has 5 nitrogen and oxygen atoms in total. The maximum atomic E-state index is 12.8. The summed E-state index contributed by atoms with van der Waals surface area (Å²) in [5.41, 5.74) is 0.562. The van der Waals surface area contributed by atoms with E-state index in [2.05, 4.69) is 12.2 Å². The zero-order valence-electron chi connectivity index (χ0n) is 12.3. The van der Waals surface area contributed by atoms with Crippen LogP contribution in [0, 0.1) is 0 Å². The Hall–Kier alpha value is -1.75. The van der Waals surface area contributed by atoms with E-state index in [4.69, 9.17) is 9.47 Å². The van der Waals surface area contributed by atoms with Crippen molar-refractivity contribution in [3.8, 4) is 11.5 Å². The third-order valence-corrected chi connectivity index (χ3v) is 3.56. The van der Waals surface area contributed by atoms with Crippen LogP contribution in [0.3, 0.4) is 0 Å². The second-order valence-electron chi connectivity index (χ2n) is 4.88. The van der Waals surface area contributed by atoms with Crippen LogP contribution in [-0.2, 0) is 0 Å². The molecule has 1 heterocycles. The quantitative estimate of drug-likeness (QED) is 0.857. The average molecular weight is 278 g/mol. The van der Waals surface area contributed by atoms with E-state index < -0.39 is 0 Å². The van der Waals surface area contributed by atoms with Crippen molar-refractivity contribution in [1.29, 1.82) is 0 Å². The zero-order valence-corrected chi connectivity index (χ0v) is 12.3. The van der Waals surface area contributed by atoms with Crippen LogP contribution in [0.15, 0.2) is 18.2 Å². The molecule has 1 amide bonds. The lowest BCUT2D eigenvalue weighted by Crippen LogP contribution is -2.59. The van der Waals surface area contributed by atoms with Gasteiger partial charge in [-0.3, -0.25) is 4.79 Å². The Balaban J connectivity index is 2.29. The Morgan fingerprint density at radius 1 is 1.35 bits per heavy atom. The van der Waals surface area contributed by atoms with Crippen molar-refractivity contribution in [3.63, 3.8) is 0 Å². The minimum atomic E-state index is 0.00843. The first-order valence-corrected chi connectivity index (χ1v) is 6.95. The number of methoxy groups -OCH3 is 2. The van der Waals surface area contributed by atoms with E-state index in [1.54, 1.807) is 32.4 Å². The van der Waals surface area contributed by atoms with Gasteiger partial charge in [-0.25, -0.2) is 0 Å². The minimum absolute atomic E-state index is 0.00843. The smallest absolute Gasteiger partial charge is 0.258 e. The molecule has 0 spiro atoms. The molecule has 1 N–H and O–H groups in total. The van der Waals surface area contributed by atoms with Crippen molar-refractivity contribution in [2.75, 3.05) is 33.9 Å². The Morgan fingerprint density at radius 3 is 2.60 bits per heavy atom. The fourth-order valence-corrected chi connectivity index (χ4v) is 2.32. The van der Waals surface area contributed by atoms with Gasteiger partial charge in [0.1, 0.15) is 11.5 Å². The van der Waals surface area contributed by atoms with E-state index in [-0.39, 0.29) is 11.9 Å². The number of carbonyl (C=O) groups excluding carboxylic acids is 1. The first-order chi connectivity index (χ1) is 9.71. The summed E-state index contributed by atoms with van der Waals surface area (Å²) >= 11 is 0. The van der Waals surface area contributed by atoms with Crippen molar-refractivity contribution in [2.24, 2.45) is 0 Å². The molecular formula is C15H22N2O3. The van der Waals surface area contributed by atoms with Crippen LogP contribution in [-0.4, -0.2) is 50.7 Å². The molecule has 0 radical (unpaired) electrons. The van der Waals surface area contributed by atoms with Crippen LogP contribution in [0.2, 0.25) is 0 Å². The second-order valence-corrected chi connectivity index (χ2v) is 4.88. The summed E-state index contributed by atoms with van der Waals surface area (Å²) in [5, 5.41) is 3.21. The van der Waals surface area contributed by atoms with Crippen molar-refractivity contribution >= 4 is 5.91 Å². The average Bonchev–Trinajstić information content (AvgIpc) is 2.43. The van der Waals surface area contributed by atoms with Crippen molar-refractivity contribution in [2.45, 2.75) is 19.4 Å². The number of amides is 1. The highest BCUT2D eigenvalue weighted by atomic mass is 16.5. The van der Waals surface area contributed by atoms with Gasteiger partial charge in [0.25, 0.3) is 5.91 Å². The molecule has 0 bridgehead atoms. The Morgan fingerprint density at radius 2 is 2.10 bits per heavy atom. The van der Waals surface area contributed by atoms with Crippen LogP contribution in [0.1, 0.15) is 23.7 Å². The first-order valence-electron chi connectivity index (χ1n) is 6.95. The standard InChI is InChI=1S/C15H22N2O3/c1-4-7-17(11-9-16-10-11)15(18)13-8-12(19-2)5-6-14(13)20-3/h5-6,8,11,16H,4,7,9-10H2,1-3H3. The lowest BCUT2D eigenvalue weighted by molar-refractivity contribution is 0.0612. The van der Waals surface area contributed by atoms with Gasteiger partial charge in [-0.15, -0.1) is 0 Å². The van der Waals surface area contributed by atoms with E-state index in [9.17, 15) is 4.79 Å². The molecule has 110 valence electrons. The summed E-state index contributed by atoms with van der Waals surface area (Å²) in [7, 11) is 3.17. The summed E-state index contributed by atoms with van der Waals surface area (Å²) < 4.78 is 10.5. The topological polar surface area (TPSA) is 50.8 Å². The Kier molecular flexibility index (Phi) is 4.84. The van der Waals surface area contributed by atoms with Gasteiger partial charge in [0, 0.05) is 19.6 Å². The van der Waals surface area contributed by atoms with Gasteiger partial charge < -0.3 is 19.7 Å². The lowest BCUT2D eigenvalue weighted by atomic mass is 10.1. The summed E-state index contributed by atoms with van der Waals surface area (Å²) in [4.78, 5) is 14.7. The molecule has 1 aliphatic heterocycles. The first kappa shape index (κ1) is 14.7. The number of carbonyl (C=O) groups is 1. The van der Waals surface area contributed by atoms with Gasteiger partial charge >= 0.3 is 0 Å². The van der Waals surface area contributed by atoms with E-state index >= 15 is 0 Å². The maximum absolute atomic E-state index is 12.8. The molecule has 0 aromatic heterocycles. The van der Waals surface area contributed by atoms with Gasteiger partial charge in [0.05, 0.1) is 25.8 Å². The molecule has 20 heavy (non-hydrogen) atoms. The number of hydrogen-bond acceptors (Lipinski definition) is 4. The van der Waals surface area contributed by atoms with Crippen LogP contribution >= 0.6 is 0 Å². The van der Waals surface area contributed by atoms with Gasteiger partial charge in [-0.05, 0) is 24.6 Å². The van der Waals surface area contributed by atoms with E-state index in [0.717, 1.165) is 26.1 Å². The highest BCUT2D eigenvalue weighted by Gasteiger charge is 2.30. The largest absolute Gasteiger partial charge is 0.497 e. The van der Waals surface area contributed by atoms with Gasteiger partial charge in [0.2, 0.25) is 0 Å². The minimum Gasteiger partial charge on any atom is -0.497 e. The van der Waals surface area contributed by atoms with Crippen LogP contribution in [0.4, 0.5) is 0 Å². The Bertz CT molecular complexity index is 472. The number of ether oxygens (including phenoxy) is 2. The summed E-state index contributed by atoms with van der Waals surface area (Å²) in [5.74, 6) is 1.26. The highest BCUT2D eigenvalue weighted by Crippen LogP contribution is 2.26. The molecule has 1 aromatic rings. The van der Waals surface area contributed by atoms with Gasteiger partial charge in [-0.2, -0.15) is 0 Å². The van der Waals surface area contributed by atoms with Crippen LogP contribution < -0.4 is 14.8 Å². The molecule has 1 fully saturated rings. The predicted molar refractivity (Wildman–Crippen MR) is 77.5 cm³/mol. The summed E-state index contributed by atoms with van der Waals surface area (Å²) in [6, 6.07) is 5.59. The number of nitrogens with one attached hydrogen (secondary N) is 1. The van der Waals surface area contributed by atoms with Crippen LogP contribution in [0.5, 0.6) is 11.5 Å². The third-order valence-electron chi connectivity index (χ3n) is 3.56. The molecule has 0 aliphatic carbocycles. The molecule has 0 saturated carbocycles. The van der Waals surface area contributed by atoms with Crippen molar-refractivity contribution < 1.29 is 14.3 Å².